The van der Waals surface area contributed by atoms with Crippen molar-refractivity contribution in [2.24, 2.45) is 0 Å². The van der Waals surface area contributed by atoms with Gasteiger partial charge in [0.15, 0.2) is 0 Å². The third-order valence-corrected chi connectivity index (χ3v) is 11.3. The third kappa shape index (κ3) is 54.6. The molecule has 0 bridgehead atoms. The molecule has 1 atom stereocenters. The van der Waals surface area contributed by atoms with Crippen LogP contribution in [0.4, 0.5) is 0 Å². The Morgan fingerprint density at radius 1 is 0.385 bits per heavy atom. The minimum Gasteiger partial charge on any atom is -0.491 e. The summed E-state index contributed by atoms with van der Waals surface area (Å²) in [7, 11) is -4.04. The maximum atomic E-state index is 10.9. The van der Waals surface area contributed by atoms with Gasteiger partial charge in [0.2, 0.25) is 0 Å². The molecule has 1 radical (unpaired) electrons. The van der Waals surface area contributed by atoms with Gasteiger partial charge >= 0.3 is 10.8 Å². The Morgan fingerprint density at radius 2 is 0.654 bits per heavy atom. The molecular formula is C54H102NO22S+2. The second-order valence-corrected chi connectivity index (χ2v) is 18.1. The van der Waals surface area contributed by atoms with E-state index in [1.54, 1.807) is 0 Å². The van der Waals surface area contributed by atoms with Crippen LogP contribution in [-0.4, -0.2) is 238 Å². The van der Waals surface area contributed by atoms with Gasteiger partial charge < -0.3 is 85.3 Å². The predicted molar refractivity (Wildman–Crippen MR) is 291 cm³/mol. The molecule has 0 aliphatic heterocycles. The lowest BCUT2D eigenvalue weighted by Gasteiger charge is -2.12. The maximum absolute atomic E-state index is 10.9. The fraction of sp³-hybridized carbons (Fsp3) is 0.852. The van der Waals surface area contributed by atoms with Crippen LogP contribution in [-0.2, 0) is 115 Å². The second-order valence-electron chi connectivity index (χ2n) is 16.9. The van der Waals surface area contributed by atoms with Crippen molar-refractivity contribution in [2.45, 2.75) is 65.2 Å². The van der Waals surface area contributed by atoms with Gasteiger partial charge in [0.1, 0.15) is 23.5 Å². The number of quaternary nitrogens is 1. The number of ether oxygens (including phenoxy) is 18. The minimum absolute atomic E-state index is 0.0827. The van der Waals surface area contributed by atoms with Gasteiger partial charge in [0.25, 0.3) is 0 Å². The number of benzene rings is 1. The predicted octanol–water partition coefficient (Wildman–Crippen LogP) is 4.54. The van der Waals surface area contributed by atoms with Crippen molar-refractivity contribution in [3.8, 4) is 5.75 Å². The quantitative estimate of drug-likeness (QED) is 0.0534. The Labute approximate surface area is 468 Å². The number of aryl methyl sites for hydroxylation is 1. The van der Waals surface area contributed by atoms with Crippen LogP contribution in [0.15, 0.2) is 24.3 Å². The number of unbranched alkanes of at least 4 members (excludes halogenated alkanes) is 6. The van der Waals surface area contributed by atoms with Crippen molar-refractivity contribution in [1.29, 1.82) is 0 Å². The summed E-state index contributed by atoms with van der Waals surface area (Å²) in [5, 5.41) is 0. The first kappa shape index (κ1) is 74.1. The van der Waals surface area contributed by atoms with E-state index in [1.165, 1.54) is 50.5 Å². The molecule has 0 saturated heterocycles. The van der Waals surface area contributed by atoms with E-state index < -0.39 is 10.8 Å². The van der Waals surface area contributed by atoms with E-state index in [4.69, 9.17) is 85.3 Å². The number of allylic oxidation sites excluding steroid dienone is 1. The first-order valence-corrected chi connectivity index (χ1v) is 29.4. The van der Waals surface area contributed by atoms with Crippen LogP contribution in [0.5, 0.6) is 5.75 Å². The van der Waals surface area contributed by atoms with Crippen molar-refractivity contribution in [2.75, 3.05) is 238 Å². The lowest BCUT2D eigenvalue weighted by molar-refractivity contribution is -0.640. The highest BCUT2D eigenvalue weighted by atomic mass is 32.3. The summed E-state index contributed by atoms with van der Waals surface area (Å²) in [5.74, 6) is 3.67. The van der Waals surface area contributed by atoms with Crippen LogP contribution in [0.3, 0.4) is 0 Å². The summed E-state index contributed by atoms with van der Waals surface area (Å²) in [4.78, 5) is 0. The first-order valence-electron chi connectivity index (χ1n) is 28.0. The Morgan fingerprint density at radius 3 is 0.936 bits per heavy atom. The highest BCUT2D eigenvalue weighted by molar-refractivity contribution is 7.88. The fourth-order valence-electron chi connectivity index (χ4n) is 6.54. The molecule has 78 heavy (non-hydrogen) atoms. The lowest BCUT2D eigenvalue weighted by atomic mass is 10.0. The molecule has 1 unspecified atom stereocenters. The van der Waals surface area contributed by atoms with E-state index in [-0.39, 0.29) is 13.2 Å². The lowest BCUT2D eigenvalue weighted by Crippen LogP contribution is -2.53. The van der Waals surface area contributed by atoms with Gasteiger partial charge in [-0.1, -0.05) is 63.7 Å². The average Bonchev–Trinajstić information content (AvgIpc) is 3.44. The molecule has 0 amide bonds. The largest absolute Gasteiger partial charge is 0.597 e. The number of rotatable bonds is 66. The smallest absolute Gasteiger partial charge is 0.491 e. The van der Waals surface area contributed by atoms with E-state index in [9.17, 15) is 8.76 Å². The number of hydrogen-bond acceptors (Lipinski definition) is 21. The topological polar surface area (TPSA) is 249 Å². The monoisotopic (exact) mass is 1150 g/mol. The molecular weight excluding hydrogens is 1050 g/mol. The van der Waals surface area contributed by atoms with Crippen LogP contribution in [0.25, 0.3) is 6.08 Å². The summed E-state index contributed by atoms with van der Waals surface area (Å²) in [6, 6.07) is 6.53. The van der Waals surface area contributed by atoms with Crippen molar-refractivity contribution in [3.63, 3.8) is 0 Å². The van der Waals surface area contributed by atoms with Crippen molar-refractivity contribution in [1.82, 2.24) is 0 Å². The maximum Gasteiger partial charge on any atom is 0.597 e. The van der Waals surface area contributed by atoms with E-state index in [0.717, 1.165) is 17.7 Å². The van der Waals surface area contributed by atoms with Gasteiger partial charge in [-0.2, -0.15) is 5.90 Å². The Hall–Kier alpha value is -1.93. The molecule has 0 saturated carbocycles. The summed E-state index contributed by atoms with van der Waals surface area (Å²) in [6.07, 6.45) is 14.5. The zero-order valence-electron chi connectivity index (χ0n) is 47.6. The van der Waals surface area contributed by atoms with Gasteiger partial charge in [-0.15, -0.1) is 4.18 Å². The van der Waals surface area contributed by atoms with Crippen LogP contribution >= 0.6 is 0 Å². The van der Waals surface area contributed by atoms with Crippen LogP contribution in [0, 0.1) is 0 Å². The Balaban J connectivity index is 1.68. The molecule has 1 aromatic rings. The SMILES string of the molecule is C/C=C/c1cc(CCCCCCCCC)ccc1OCCOCCOCCOCCOCCOCCOCCOCCOCCOCCOCCOCCOCCOCCOCCOCCOCCOCCO[S+]([O])(=O)O[NH3+]. The normalized spacial score (nSPS) is 12.6. The fourth-order valence-corrected chi connectivity index (χ4v) is 6.88. The molecule has 0 aromatic heterocycles. The van der Waals surface area contributed by atoms with Crippen LogP contribution in [0.1, 0.15) is 69.9 Å². The first-order chi connectivity index (χ1) is 38.5. The molecule has 1 aromatic carbocycles. The molecule has 3 N–H and O–H groups in total. The van der Waals surface area contributed by atoms with Crippen LogP contribution < -0.4 is 10.6 Å². The highest BCUT2D eigenvalue weighted by Gasteiger charge is 2.35. The Kier molecular flexibility index (Phi) is 58.1. The minimum atomic E-state index is -4.04. The zero-order valence-corrected chi connectivity index (χ0v) is 48.4. The van der Waals surface area contributed by atoms with E-state index in [0.29, 0.717) is 225 Å². The van der Waals surface area contributed by atoms with E-state index in [2.05, 4.69) is 51.6 Å². The summed E-state index contributed by atoms with van der Waals surface area (Å²) in [5.41, 5.74) is 2.49. The summed E-state index contributed by atoms with van der Waals surface area (Å²) in [6.45, 7) is 20.1. The Bertz CT molecular complexity index is 1440. The average molecular weight is 1150 g/mol. The number of hydrogen-bond donors (Lipinski definition) is 1. The van der Waals surface area contributed by atoms with Gasteiger partial charge in [-0.3, -0.25) is 0 Å². The van der Waals surface area contributed by atoms with Gasteiger partial charge in [0.05, 0.1) is 229 Å². The summed E-state index contributed by atoms with van der Waals surface area (Å²) < 4.78 is 130. The van der Waals surface area contributed by atoms with Crippen molar-refractivity contribution < 1.29 is 108 Å². The van der Waals surface area contributed by atoms with Crippen molar-refractivity contribution >= 4 is 16.9 Å². The molecule has 1 rings (SSSR count). The molecule has 0 heterocycles. The zero-order chi connectivity index (χ0) is 56.0. The third-order valence-electron chi connectivity index (χ3n) is 10.5. The molecule has 0 spiro atoms. The molecule has 0 aliphatic rings. The van der Waals surface area contributed by atoms with Crippen molar-refractivity contribution in [3.05, 3.63) is 35.4 Å². The molecule has 0 fully saturated rings. The van der Waals surface area contributed by atoms with E-state index in [1.807, 2.05) is 6.92 Å². The molecule has 459 valence electrons. The highest BCUT2D eigenvalue weighted by Crippen LogP contribution is 2.23. The molecule has 23 nitrogen and oxygen atoms in total. The van der Waals surface area contributed by atoms with E-state index >= 15 is 0 Å². The van der Waals surface area contributed by atoms with Crippen LogP contribution in [0.2, 0.25) is 0 Å². The van der Waals surface area contributed by atoms with Gasteiger partial charge in [-0.05, 0) is 37.5 Å². The van der Waals surface area contributed by atoms with Gasteiger partial charge in [0, 0.05) is 9.77 Å². The standard InChI is InChI=1S/C54H102NO22S/c1-3-5-6-7-8-9-10-12-52-13-14-54(53(51-52)11-4-2)75-49-47-73-45-43-71-41-39-69-37-35-67-33-31-65-29-27-63-25-23-61-21-19-59-17-15-58-16-18-60-20-22-62-24-26-64-28-30-66-32-34-68-36-38-70-40-42-72-44-46-74-48-50-76-78(56,57)77-55/h4,11,13-14,51H,3,5-10,12,15-50H2,1-2,55H3/q+2/b11-4+. The summed E-state index contributed by atoms with van der Waals surface area (Å²) >= 11 is 0. The van der Waals surface area contributed by atoms with Gasteiger partial charge in [-0.25, -0.2) is 0 Å². The second kappa shape index (κ2) is 61.1. The molecule has 24 heteroatoms. The molecule has 0 aliphatic carbocycles.